The van der Waals surface area contributed by atoms with Crippen LogP contribution in [0.4, 0.5) is 4.39 Å². The van der Waals surface area contributed by atoms with Crippen LogP contribution in [0.5, 0.6) is 0 Å². The third kappa shape index (κ3) is 5.11. The molecule has 22 heavy (non-hydrogen) atoms. The van der Waals surface area contributed by atoms with Crippen LogP contribution in [0.25, 0.3) is 0 Å². The summed E-state index contributed by atoms with van der Waals surface area (Å²) in [4.78, 5) is 0. The summed E-state index contributed by atoms with van der Waals surface area (Å²) < 4.78 is 14.9. The zero-order valence-corrected chi connectivity index (χ0v) is 14.7. The Bertz CT molecular complexity index is 414. The van der Waals surface area contributed by atoms with Crippen LogP contribution < -0.4 is 0 Å². The molecule has 0 aromatic heterocycles. The Labute approximate surface area is 136 Å². The number of benzene rings is 1. The predicted molar refractivity (Wildman–Crippen MR) is 94.1 cm³/mol. The first-order chi connectivity index (χ1) is 10.6. The molecule has 0 heterocycles. The van der Waals surface area contributed by atoms with E-state index in [0.717, 1.165) is 37.5 Å². The molecule has 0 spiro atoms. The van der Waals surface area contributed by atoms with E-state index < -0.39 is 6.17 Å². The smallest absolute Gasteiger partial charge is 0.107 e. The number of hydrogen-bond donors (Lipinski definition) is 0. The van der Waals surface area contributed by atoms with E-state index in [1.807, 2.05) is 0 Å². The molecule has 1 aromatic rings. The van der Waals surface area contributed by atoms with Crippen LogP contribution in [0, 0.1) is 18.8 Å². The fraction of sp³-hybridized carbons (Fsp3) is 0.714. The van der Waals surface area contributed by atoms with Crippen molar-refractivity contribution in [3.05, 3.63) is 35.4 Å². The van der Waals surface area contributed by atoms with E-state index in [-0.39, 0.29) is 5.92 Å². The van der Waals surface area contributed by atoms with Gasteiger partial charge in [-0.05, 0) is 43.6 Å². The first kappa shape index (κ1) is 17.5. The average molecular weight is 304 g/mol. The SMILES string of the molecule is CCCC(c1ccc(C)cc1)C(F)CCC1CCC(C)CC1. The number of aryl methyl sites for hydroxylation is 1. The fourth-order valence-electron chi connectivity index (χ4n) is 3.89. The molecule has 0 saturated heterocycles. The highest BCUT2D eigenvalue weighted by molar-refractivity contribution is 5.25. The van der Waals surface area contributed by atoms with Crippen LogP contribution in [0.1, 0.15) is 82.3 Å². The molecule has 0 bridgehead atoms. The van der Waals surface area contributed by atoms with Gasteiger partial charge in [0.25, 0.3) is 0 Å². The molecule has 2 rings (SSSR count). The van der Waals surface area contributed by atoms with Gasteiger partial charge in [0.2, 0.25) is 0 Å². The van der Waals surface area contributed by atoms with E-state index in [9.17, 15) is 4.39 Å². The van der Waals surface area contributed by atoms with Gasteiger partial charge in [0.05, 0.1) is 0 Å². The molecule has 2 atom stereocenters. The molecule has 1 aliphatic carbocycles. The van der Waals surface area contributed by atoms with Crippen LogP contribution in [0.3, 0.4) is 0 Å². The van der Waals surface area contributed by atoms with Crippen molar-refractivity contribution in [2.45, 2.75) is 84.2 Å². The lowest BCUT2D eigenvalue weighted by atomic mass is 9.79. The topological polar surface area (TPSA) is 0 Å². The van der Waals surface area contributed by atoms with Gasteiger partial charge in [-0.2, -0.15) is 0 Å². The summed E-state index contributed by atoms with van der Waals surface area (Å²) in [5.41, 5.74) is 2.45. The van der Waals surface area contributed by atoms with Gasteiger partial charge in [-0.1, -0.05) is 75.8 Å². The Morgan fingerprint density at radius 1 is 1.05 bits per heavy atom. The summed E-state index contributed by atoms with van der Waals surface area (Å²) in [5.74, 6) is 1.75. The van der Waals surface area contributed by atoms with Gasteiger partial charge in [-0.25, -0.2) is 4.39 Å². The predicted octanol–water partition coefficient (Wildman–Crippen LogP) is 6.82. The van der Waals surface area contributed by atoms with E-state index in [0.29, 0.717) is 0 Å². The highest BCUT2D eigenvalue weighted by Gasteiger charge is 2.24. The number of alkyl halides is 1. The van der Waals surface area contributed by atoms with E-state index in [2.05, 4.69) is 45.0 Å². The zero-order chi connectivity index (χ0) is 15.9. The van der Waals surface area contributed by atoms with Crippen LogP contribution in [-0.4, -0.2) is 6.17 Å². The molecule has 1 aromatic carbocycles. The van der Waals surface area contributed by atoms with Gasteiger partial charge in [0.15, 0.2) is 0 Å². The summed E-state index contributed by atoms with van der Waals surface area (Å²) in [6.07, 6.45) is 8.49. The molecule has 0 aliphatic heterocycles. The second-order valence-corrected chi connectivity index (χ2v) is 7.53. The first-order valence-electron chi connectivity index (χ1n) is 9.30. The molecular formula is C21H33F. The highest BCUT2D eigenvalue weighted by Crippen LogP contribution is 2.35. The number of rotatable bonds is 7. The maximum atomic E-state index is 14.9. The van der Waals surface area contributed by atoms with Gasteiger partial charge in [0.1, 0.15) is 6.17 Å². The van der Waals surface area contributed by atoms with Gasteiger partial charge in [-0.3, -0.25) is 0 Å². The first-order valence-corrected chi connectivity index (χ1v) is 9.30. The van der Waals surface area contributed by atoms with Gasteiger partial charge in [0, 0.05) is 5.92 Å². The fourth-order valence-corrected chi connectivity index (χ4v) is 3.89. The molecule has 0 N–H and O–H groups in total. The van der Waals surface area contributed by atoms with Crippen LogP contribution in [-0.2, 0) is 0 Å². The lowest BCUT2D eigenvalue weighted by Gasteiger charge is -2.28. The molecule has 2 unspecified atom stereocenters. The van der Waals surface area contributed by atoms with E-state index in [1.165, 1.54) is 36.8 Å². The summed E-state index contributed by atoms with van der Waals surface area (Å²) in [7, 11) is 0. The van der Waals surface area contributed by atoms with E-state index >= 15 is 0 Å². The standard InChI is InChI=1S/C21H33F/c1-4-5-20(19-13-8-17(3)9-14-19)21(22)15-12-18-10-6-16(2)7-11-18/h8-9,13-14,16,18,20-21H,4-7,10-12,15H2,1-3H3. The molecule has 1 saturated carbocycles. The van der Waals surface area contributed by atoms with Crippen molar-refractivity contribution >= 4 is 0 Å². The Balaban J connectivity index is 1.89. The third-order valence-electron chi connectivity index (χ3n) is 5.53. The van der Waals surface area contributed by atoms with E-state index in [1.54, 1.807) is 0 Å². The van der Waals surface area contributed by atoms with E-state index in [4.69, 9.17) is 0 Å². The lowest BCUT2D eigenvalue weighted by Crippen LogP contribution is -2.18. The van der Waals surface area contributed by atoms with Crippen molar-refractivity contribution in [2.24, 2.45) is 11.8 Å². The largest absolute Gasteiger partial charge is 0.247 e. The van der Waals surface area contributed by atoms with Gasteiger partial charge >= 0.3 is 0 Å². The van der Waals surface area contributed by atoms with Crippen molar-refractivity contribution in [3.63, 3.8) is 0 Å². The molecule has 0 amide bonds. The Kier molecular flexibility index (Phi) is 6.92. The molecule has 0 radical (unpaired) electrons. The molecule has 1 heteroatoms. The van der Waals surface area contributed by atoms with Gasteiger partial charge in [-0.15, -0.1) is 0 Å². The van der Waals surface area contributed by atoms with Crippen LogP contribution in [0.15, 0.2) is 24.3 Å². The quantitative estimate of drug-likeness (QED) is 0.518. The Morgan fingerprint density at radius 2 is 1.68 bits per heavy atom. The lowest BCUT2D eigenvalue weighted by molar-refractivity contribution is 0.210. The summed E-state index contributed by atoms with van der Waals surface area (Å²) in [5, 5.41) is 0. The van der Waals surface area contributed by atoms with Crippen molar-refractivity contribution in [3.8, 4) is 0 Å². The number of halogens is 1. The second-order valence-electron chi connectivity index (χ2n) is 7.53. The van der Waals surface area contributed by atoms with Crippen LogP contribution in [0.2, 0.25) is 0 Å². The molecule has 1 aliphatic rings. The average Bonchev–Trinajstić information content (AvgIpc) is 2.53. The summed E-state index contributed by atoms with van der Waals surface area (Å²) >= 11 is 0. The van der Waals surface area contributed by atoms with Crippen molar-refractivity contribution < 1.29 is 4.39 Å². The monoisotopic (exact) mass is 304 g/mol. The minimum Gasteiger partial charge on any atom is -0.247 e. The minimum atomic E-state index is -0.679. The zero-order valence-electron chi connectivity index (χ0n) is 14.7. The summed E-state index contributed by atoms with van der Waals surface area (Å²) in [6, 6.07) is 8.50. The summed E-state index contributed by atoms with van der Waals surface area (Å²) in [6.45, 7) is 6.61. The van der Waals surface area contributed by atoms with Gasteiger partial charge < -0.3 is 0 Å². The maximum Gasteiger partial charge on any atom is 0.107 e. The van der Waals surface area contributed by atoms with Crippen LogP contribution >= 0.6 is 0 Å². The molecule has 1 fully saturated rings. The second kappa shape index (κ2) is 8.70. The Morgan fingerprint density at radius 3 is 2.27 bits per heavy atom. The van der Waals surface area contributed by atoms with Crippen molar-refractivity contribution in [1.82, 2.24) is 0 Å². The molecule has 0 nitrogen and oxygen atoms in total. The number of hydrogen-bond acceptors (Lipinski definition) is 0. The van der Waals surface area contributed by atoms with Crippen molar-refractivity contribution in [1.29, 1.82) is 0 Å². The van der Waals surface area contributed by atoms with Crippen molar-refractivity contribution in [2.75, 3.05) is 0 Å². The Hall–Kier alpha value is -0.850. The maximum absolute atomic E-state index is 14.9. The highest BCUT2D eigenvalue weighted by atomic mass is 19.1. The molecule has 124 valence electrons. The normalized spacial score (nSPS) is 24.9. The minimum absolute atomic E-state index is 0.0908. The molecular weight excluding hydrogens is 271 g/mol. The third-order valence-corrected chi connectivity index (χ3v) is 5.53.